The number of carbonyl (C=O) groups is 1. The molecule has 1 aliphatic carbocycles. The van der Waals surface area contributed by atoms with Crippen molar-refractivity contribution in [3.8, 4) is 5.75 Å². The van der Waals surface area contributed by atoms with Gasteiger partial charge in [0, 0.05) is 21.5 Å². The number of nitrogens with one attached hydrogen (secondary N) is 1. The van der Waals surface area contributed by atoms with Gasteiger partial charge in [0.05, 0.1) is 19.2 Å². The molecule has 0 saturated carbocycles. The number of aryl methyl sites for hydroxylation is 2. The van der Waals surface area contributed by atoms with Crippen LogP contribution in [0.4, 0.5) is 5.69 Å². The fourth-order valence-corrected chi connectivity index (χ4v) is 3.84. The Morgan fingerprint density at radius 3 is 3.00 bits per heavy atom. The van der Waals surface area contributed by atoms with Crippen molar-refractivity contribution in [3.63, 3.8) is 0 Å². The van der Waals surface area contributed by atoms with Gasteiger partial charge in [0.2, 0.25) is 0 Å². The lowest BCUT2D eigenvalue weighted by Gasteiger charge is -2.09. The molecule has 1 amide bonds. The summed E-state index contributed by atoms with van der Waals surface area (Å²) in [4.78, 5) is 14.9. The van der Waals surface area contributed by atoms with Crippen molar-refractivity contribution >= 4 is 22.9 Å². The molecule has 1 heterocycles. The van der Waals surface area contributed by atoms with E-state index < -0.39 is 0 Å². The van der Waals surface area contributed by atoms with Gasteiger partial charge in [-0.3, -0.25) is 4.79 Å². The normalized spacial score (nSPS) is 13.0. The lowest BCUT2D eigenvalue weighted by atomic mass is 10.1. The number of carbonyl (C=O) groups excluding carboxylic acids is 1. The van der Waals surface area contributed by atoms with Gasteiger partial charge in [-0.15, -0.1) is 11.3 Å². The summed E-state index contributed by atoms with van der Waals surface area (Å²) < 4.78 is 5.21. The predicted molar refractivity (Wildman–Crippen MR) is 84.9 cm³/mol. The highest BCUT2D eigenvalue weighted by Crippen LogP contribution is 2.30. The van der Waals surface area contributed by atoms with Crippen LogP contribution in [0, 0.1) is 0 Å². The van der Waals surface area contributed by atoms with Crippen molar-refractivity contribution < 1.29 is 9.53 Å². The van der Waals surface area contributed by atoms with Gasteiger partial charge < -0.3 is 15.8 Å². The maximum atomic E-state index is 12.3. The fourth-order valence-electron chi connectivity index (χ4n) is 2.64. The van der Waals surface area contributed by atoms with E-state index in [-0.39, 0.29) is 5.91 Å². The van der Waals surface area contributed by atoms with Crippen LogP contribution in [0.3, 0.4) is 0 Å². The molecule has 1 aromatic carbocycles. The highest BCUT2D eigenvalue weighted by atomic mass is 32.1. The number of rotatable bonds is 4. The molecule has 0 bridgehead atoms. The first kappa shape index (κ1) is 13.9. The molecule has 1 aliphatic rings. The third-order valence-corrected chi connectivity index (χ3v) is 4.93. The second kappa shape index (κ2) is 5.77. The number of hydrogen-bond donors (Lipinski definition) is 2. The molecule has 0 fully saturated rings. The van der Waals surface area contributed by atoms with Crippen LogP contribution in [0.15, 0.2) is 24.3 Å². The van der Waals surface area contributed by atoms with E-state index in [2.05, 4.69) is 11.4 Å². The molecule has 3 rings (SSSR count). The minimum absolute atomic E-state index is 0.139. The topological polar surface area (TPSA) is 64.3 Å². The largest absolute Gasteiger partial charge is 0.496 e. The molecule has 5 heteroatoms. The first-order valence-electron chi connectivity index (χ1n) is 6.99. The van der Waals surface area contributed by atoms with Crippen LogP contribution in [0.25, 0.3) is 0 Å². The van der Waals surface area contributed by atoms with Gasteiger partial charge >= 0.3 is 0 Å². The molecule has 110 valence electrons. The minimum atomic E-state index is -0.139. The van der Waals surface area contributed by atoms with Gasteiger partial charge in [-0.1, -0.05) is 0 Å². The van der Waals surface area contributed by atoms with Crippen LogP contribution < -0.4 is 15.8 Å². The summed E-state index contributed by atoms with van der Waals surface area (Å²) >= 11 is 1.81. The van der Waals surface area contributed by atoms with Gasteiger partial charge in [-0.25, -0.2) is 0 Å². The van der Waals surface area contributed by atoms with Crippen LogP contribution in [-0.4, -0.2) is 13.0 Å². The Labute approximate surface area is 127 Å². The molecule has 3 N–H and O–H groups in total. The van der Waals surface area contributed by atoms with Gasteiger partial charge in [0.1, 0.15) is 5.75 Å². The predicted octanol–water partition coefficient (Wildman–Crippen LogP) is 2.76. The van der Waals surface area contributed by atoms with E-state index >= 15 is 0 Å². The van der Waals surface area contributed by atoms with Crippen LogP contribution >= 0.6 is 11.3 Å². The third kappa shape index (κ3) is 2.88. The summed E-state index contributed by atoms with van der Waals surface area (Å²) in [6, 6.07) is 7.27. The van der Waals surface area contributed by atoms with Crippen LogP contribution in [-0.2, 0) is 19.4 Å². The smallest absolute Gasteiger partial charge is 0.255 e. The summed E-state index contributed by atoms with van der Waals surface area (Å²) in [6.07, 6.45) is 3.61. The van der Waals surface area contributed by atoms with Gasteiger partial charge in [0.15, 0.2) is 0 Å². The molecule has 1 aromatic heterocycles. The van der Waals surface area contributed by atoms with Crippen LogP contribution in [0.1, 0.15) is 32.1 Å². The van der Waals surface area contributed by atoms with Crippen molar-refractivity contribution in [1.29, 1.82) is 0 Å². The van der Waals surface area contributed by atoms with E-state index in [9.17, 15) is 4.79 Å². The first-order chi connectivity index (χ1) is 10.2. The summed E-state index contributed by atoms with van der Waals surface area (Å²) in [7, 11) is 1.54. The van der Waals surface area contributed by atoms with Crippen molar-refractivity contribution in [1.82, 2.24) is 5.32 Å². The Hall–Kier alpha value is -2.01. The number of nitrogens with two attached hydrogens (primary N) is 1. The zero-order valence-electron chi connectivity index (χ0n) is 11.9. The molecular formula is C16H18N2O2S. The lowest BCUT2D eigenvalue weighted by molar-refractivity contribution is 0.0948. The second-order valence-corrected chi connectivity index (χ2v) is 6.38. The standard InChI is InChI=1S/C16H18N2O2S/c1-20-14-8-11(17)5-6-13(14)16(19)18-9-12-7-10-3-2-4-15(10)21-12/h5-8H,2-4,9,17H2,1H3,(H,18,19). The maximum absolute atomic E-state index is 12.3. The summed E-state index contributed by atoms with van der Waals surface area (Å²) in [5, 5.41) is 2.95. The SMILES string of the molecule is COc1cc(N)ccc1C(=O)NCc1cc2c(s1)CCC2. The van der Waals surface area contributed by atoms with Crippen molar-refractivity contribution in [2.45, 2.75) is 25.8 Å². The highest BCUT2D eigenvalue weighted by molar-refractivity contribution is 7.12. The Morgan fingerprint density at radius 2 is 2.24 bits per heavy atom. The van der Waals surface area contributed by atoms with Crippen molar-refractivity contribution in [2.75, 3.05) is 12.8 Å². The van der Waals surface area contributed by atoms with Gasteiger partial charge in [0.25, 0.3) is 5.91 Å². The van der Waals surface area contributed by atoms with Crippen molar-refractivity contribution in [2.24, 2.45) is 0 Å². The molecule has 0 radical (unpaired) electrons. The number of ether oxygens (including phenoxy) is 1. The van der Waals surface area contributed by atoms with E-state index in [0.29, 0.717) is 23.5 Å². The lowest BCUT2D eigenvalue weighted by Crippen LogP contribution is -2.23. The van der Waals surface area contributed by atoms with Crippen LogP contribution in [0.5, 0.6) is 5.75 Å². The molecule has 21 heavy (non-hydrogen) atoms. The zero-order valence-corrected chi connectivity index (χ0v) is 12.8. The zero-order chi connectivity index (χ0) is 14.8. The molecule has 0 unspecified atom stereocenters. The molecule has 0 aliphatic heterocycles. The monoisotopic (exact) mass is 302 g/mol. The molecular weight excluding hydrogens is 284 g/mol. The summed E-state index contributed by atoms with van der Waals surface area (Å²) in [6.45, 7) is 0.560. The van der Waals surface area contributed by atoms with E-state index in [1.165, 1.54) is 41.7 Å². The number of thiophene rings is 1. The molecule has 2 aromatic rings. The van der Waals surface area contributed by atoms with Gasteiger partial charge in [-0.05, 0) is 43.0 Å². The summed E-state index contributed by atoms with van der Waals surface area (Å²) in [5.74, 6) is 0.363. The Kier molecular flexibility index (Phi) is 3.84. The molecule has 0 spiro atoms. The average molecular weight is 302 g/mol. The second-order valence-electron chi connectivity index (χ2n) is 5.16. The summed E-state index contributed by atoms with van der Waals surface area (Å²) in [5.41, 5.74) is 8.24. The Balaban J connectivity index is 1.68. The minimum Gasteiger partial charge on any atom is -0.496 e. The van der Waals surface area contributed by atoms with Crippen LogP contribution in [0.2, 0.25) is 0 Å². The Morgan fingerprint density at radius 1 is 1.38 bits per heavy atom. The number of amides is 1. The first-order valence-corrected chi connectivity index (χ1v) is 7.81. The Bertz CT molecular complexity index is 657. The molecule has 0 atom stereocenters. The number of fused-ring (bicyclic) bond motifs is 1. The molecule has 4 nitrogen and oxygen atoms in total. The number of methoxy groups -OCH3 is 1. The number of hydrogen-bond acceptors (Lipinski definition) is 4. The highest BCUT2D eigenvalue weighted by Gasteiger charge is 2.16. The number of benzene rings is 1. The number of anilines is 1. The average Bonchev–Trinajstić information content (AvgIpc) is 3.05. The van der Waals surface area contributed by atoms with Crippen molar-refractivity contribution in [3.05, 3.63) is 45.1 Å². The number of nitrogen functional groups attached to an aromatic ring is 1. The third-order valence-electron chi connectivity index (χ3n) is 3.69. The quantitative estimate of drug-likeness (QED) is 0.854. The van der Waals surface area contributed by atoms with E-state index in [4.69, 9.17) is 10.5 Å². The van der Waals surface area contributed by atoms with E-state index in [1.807, 2.05) is 0 Å². The van der Waals surface area contributed by atoms with E-state index in [0.717, 1.165) is 0 Å². The maximum Gasteiger partial charge on any atom is 0.255 e. The van der Waals surface area contributed by atoms with Gasteiger partial charge in [-0.2, -0.15) is 0 Å². The van der Waals surface area contributed by atoms with E-state index in [1.54, 1.807) is 29.5 Å². The fraction of sp³-hybridized carbons (Fsp3) is 0.312. The molecule has 0 saturated heterocycles.